The summed E-state index contributed by atoms with van der Waals surface area (Å²) in [5.74, 6) is -0.239. The topological polar surface area (TPSA) is 115 Å². The second-order valence-corrected chi connectivity index (χ2v) is 8.76. The van der Waals surface area contributed by atoms with Gasteiger partial charge in [-0.1, -0.05) is 5.56 Å². The van der Waals surface area contributed by atoms with Gasteiger partial charge in [0.05, 0.1) is 5.76 Å². The Labute approximate surface area is 293 Å². The van der Waals surface area contributed by atoms with Crippen LogP contribution in [0.15, 0.2) is 133 Å². The third-order valence-corrected chi connectivity index (χ3v) is 3.69. The molecule has 0 spiro atoms. The van der Waals surface area contributed by atoms with Crippen LogP contribution in [0.1, 0.15) is 62.3 Å². The van der Waals surface area contributed by atoms with Crippen molar-refractivity contribution in [3.05, 3.63) is 144 Å². The maximum absolute atomic E-state index is 11.1. The van der Waals surface area contributed by atoms with E-state index < -0.39 is 0 Å². The van der Waals surface area contributed by atoms with Gasteiger partial charge in [0.15, 0.2) is 0 Å². The van der Waals surface area contributed by atoms with Crippen LogP contribution in [0.4, 0.5) is 0 Å². The number of aliphatic hydroxyl groups excluding tert-OH is 4. The molecule has 0 unspecified atom stereocenters. The number of carbonyl (C=O) groups excluding carboxylic acids is 2. The van der Waals surface area contributed by atoms with E-state index in [0.29, 0.717) is 11.1 Å². The standard InChI is InChI=1S/2C9H9O2.2C5H5.2C3H8O.2Fe.Ti/c2*1-7(10)6-9(11)8-4-2-3-5-8;2*1-2-4-5-3-1;2*1-3(2)4;;;/h2*2-6,10H,1H3;2*1-5H;2*3-4H,1-2H3;;;/q-5;3*-1;;;;;/b2*7-6-;;;;;;;. The number of hydrogen-bond acceptors (Lipinski definition) is 6. The van der Waals surface area contributed by atoms with Crippen molar-refractivity contribution in [2.75, 3.05) is 0 Å². The Hall–Kier alpha value is -2.51. The Kier molecular flexibility index (Phi) is 39.6. The van der Waals surface area contributed by atoms with E-state index >= 15 is 0 Å². The second-order valence-electron chi connectivity index (χ2n) is 8.76. The molecule has 0 atom stereocenters. The minimum absolute atomic E-state index is 0. The molecule has 9 heteroatoms. The quantitative estimate of drug-likeness (QED) is 0.0569. The predicted molar refractivity (Wildman–Crippen MR) is 164 cm³/mol. The minimum atomic E-state index is -0.167. The molecule has 43 heavy (non-hydrogen) atoms. The summed E-state index contributed by atoms with van der Waals surface area (Å²) in [6, 6.07) is 34.0. The number of allylic oxidation sites excluding steroid dienone is 4. The molecule has 0 aliphatic heterocycles. The first-order chi connectivity index (χ1) is 18.9. The zero-order valence-electron chi connectivity index (χ0n) is 25.5. The van der Waals surface area contributed by atoms with Crippen LogP contribution in [0.25, 0.3) is 0 Å². The third-order valence-electron chi connectivity index (χ3n) is 3.69. The summed E-state index contributed by atoms with van der Waals surface area (Å²) in [6.45, 7) is 9.84. The van der Waals surface area contributed by atoms with Crippen molar-refractivity contribution in [1.29, 1.82) is 0 Å². The summed E-state index contributed by atoms with van der Waals surface area (Å²) < 4.78 is 0. The van der Waals surface area contributed by atoms with E-state index in [-0.39, 0.29) is 91.1 Å². The van der Waals surface area contributed by atoms with Gasteiger partial charge in [-0.25, -0.2) is 24.3 Å². The van der Waals surface area contributed by atoms with E-state index in [2.05, 4.69) is 0 Å². The second kappa shape index (κ2) is 34.0. The molecular formula is C34H44Fe2O6Ti-8. The van der Waals surface area contributed by atoms with Crippen LogP contribution in [-0.4, -0.2) is 44.2 Å². The van der Waals surface area contributed by atoms with Crippen LogP contribution in [-0.2, 0) is 55.9 Å². The summed E-state index contributed by atoms with van der Waals surface area (Å²) in [7, 11) is 0. The largest absolute Gasteiger partial charge is 0.645 e. The van der Waals surface area contributed by atoms with Gasteiger partial charge >= 0.3 is 0 Å². The summed E-state index contributed by atoms with van der Waals surface area (Å²) >= 11 is 0. The predicted octanol–water partition coefficient (Wildman–Crippen LogP) is 7.68. The van der Waals surface area contributed by atoms with E-state index in [0.717, 1.165) is 0 Å². The first-order valence-electron chi connectivity index (χ1n) is 12.8. The molecule has 0 saturated carbocycles. The SMILES string of the molecule is C/C(O)=C/C(=O)[c-]1[cH-][cH-][cH-][cH-]1.C/C(O)=C/C(=O)[c-]1cccc1.CC(C)O.CC(C)O.[Fe].[Fe].[Ti].c1cc[cH-]c1.c1cc[cH-]c1. The first kappa shape index (κ1) is 50.1. The summed E-state index contributed by atoms with van der Waals surface area (Å²) in [6.07, 6.45) is 2.07. The van der Waals surface area contributed by atoms with Crippen LogP contribution < -0.4 is 0 Å². The van der Waals surface area contributed by atoms with E-state index in [1.54, 1.807) is 76.2 Å². The van der Waals surface area contributed by atoms with Crippen molar-refractivity contribution in [1.82, 2.24) is 0 Å². The van der Waals surface area contributed by atoms with Crippen molar-refractivity contribution in [3.8, 4) is 0 Å². The Morgan fingerprint density at radius 3 is 1.21 bits per heavy atom. The number of hydrogen-bond donors (Lipinski definition) is 4. The third kappa shape index (κ3) is 39.5. The van der Waals surface area contributed by atoms with Crippen LogP contribution in [0, 0.1) is 0 Å². The molecule has 0 fully saturated rings. The zero-order chi connectivity index (χ0) is 30.8. The molecule has 0 aromatic heterocycles. The summed E-state index contributed by atoms with van der Waals surface area (Å²) in [4.78, 5) is 22.2. The fraction of sp³-hybridized carbons (Fsp3) is 0.235. The van der Waals surface area contributed by atoms with Crippen molar-refractivity contribution in [2.45, 2.75) is 53.8 Å². The molecular weight excluding hydrogens is 664 g/mol. The normalized spacial score (nSPS) is 9.44. The van der Waals surface area contributed by atoms with Gasteiger partial charge in [-0.15, -0.1) is 12.1 Å². The molecule has 0 aliphatic rings. The van der Waals surface area contributed by atoms with E-state index in [4.69, 9.17) is 20.4 Å². The Balaban J connectivity index is -0.000000140. The molecule has 0 bridgehead atoms. The van der Waals surface area contributed by atoms with Gasteiger partial charge in [-0.05, 0) is 53.4 Å². The van der Waals surface area contributed by atoms with Gasteiger partial charge in [-0.2, -0.15) is 48.5 Å². The smallest absolute Gasteiger partial charge is 0.108 e. The van der Waals surface area contributed by atoms with Gasteiger partial charge in [0, 0.05) is 68.1 Å². The van der Waals surface area contributed by atoms with Crippen LogP contribution >= 0.6 is 0 Å². The van der Waals surface area contributed by atoms with Gasteiger partial charge in [-0.3, -0.25) is 0 Å². The molecule has 0 heterocycles. The average Bonchev–Trinajstić information content (AvgIpc) is 3.69. The number of ketones is 2. The van der Waals surface area contributed by atoms with Crippen LogP contribution in [0.2, 0.25) is 0 Å². The molecule has 244 valence electrons. The van der Waals surface area contributed by atoms with E-state index in [9.17, 15) is 9.59 Å². The maximum atomic E-state index is 11.1. The van der Waals surface area contributed by atoms with E-state index in [1.165, 1.54) is 26.0 Å². The van der Waals surface area contributed by atoms with Crippen molar-refractivity contribution in [3.63, 3.8) is 0 Å². The Morgan fingerprint density at radius 1 is 0.651 bits per heavy atom. The molecule has 4 aromatic rings. The fourth-order valence-electron chi connectivity index (χ4n) is 2.26. The summed E-state index contributed by atoms with van der Waals surface area (Å²) in [5.41, 5.74) is 1.22. The number of carbonyl (C=O) groups is 2. The molecule has 4 aromatic carbocycles. The maximum Gasteiger partial charge on any atom is 0.108 e. The van der Waals surface area contributed by atoms with Gasteiger partial charge in [0.1, 0.15) is 5.78 Å². The average molecular weight is 708 g/mol. The van der Waals surface area contributed by atoms with Crippen LogP contribution in [0.3, 0.4) is 0 Å². The molecule has 6 nitrogen and oxygen atoms in total. The zero-order valence-corrected chi connectivity index (χ0v) is 29.3. The monoisotopic (exact) mass is 708 g/mol. The number of aliphatic hydroxyl groups is 4. The van der Waals surface area contributed by atoms with E-state index in [1.807, 2.05) is 60.7 Å². The van der Waals surface area contributed by atoms with Crippen molar-refractivity contribution < 1.29 is 85.9 Å². The van der Waals surface area contributed by atoms with Crippen molar-refractivity contribution >= 4 is 11.6 Å². The van der Waals surface area contributed by atoms with Gasteiger partial charge in [0.2, 0.25) is 0 Å². The van der Waals surface area contributed by atoms with Gasteiger partial charge < -0.3 is 71.7 Å². The first-order valence-corrected chi connectivity index (χ1v) is 12.8. The molecule has 0 aliphatic carbocycles. The molecule has 0 amide bonds. The fourth-order valence-corrected chi connectivity index (χ4v) is 2.26. The summed E-state index contributed by atoms with van der Waals surface area (Å²) in [5, 5.41) is 33.6. The minimum Gasteiger partial charge on any atom is -0.645 e. The molecule has 4 N–H and O–H groups in total. The van der Waals surface area contributed by atoms with Crippen molar-refractivity contribution in [2.24, 2.45) is 0 Å². The van der Waals surface area contributed by atoms with Crippen LogP contribution in [0.5, 0.6) is 0 Å². The molecule has 4 rings (SSSR count). The number of rotatable bonds is 4. The Bertz CT molecular complexity index is 988. The molecule has 0 radical (unpaired) electrons. The Morgan fingerprint density at radius 2 is 0.953 bits per heavy atom. The molecule has 0 saturated heterocycles. The van der Waals surface area contributed by atoms with Gasteiger partial charge in [0.25, 0.3) is 0 Å².